The fraction of sp³-hybridized carbons (Fsp3) is 0.462. The molecular weight excluding hydrogens is 239 g/mol. The predicted molar refractivity (Wildman–Crippen MR) is 68.5 cm³/mol. The molecule has 17 heavy (non-hydrogen) atoms. The summed E-state index contributed by atoms with van der Waals surface area (Å²) in [5.74, 6) is -0.350. The molecule has 0 atom stereocenters. The Labute approximate surface area is 106 Å². The molecule has 0 aliphatic carbocycles. The Morgan fingerprint density at radius 1 is 1.41 bits per heavy atom. The molecule has 0 heterocycles. The van der Waals surface area contributed by atoms with Crippen LogP contribution in [-0.2, 0) is 0 Å². The van der Waals surface area contributed by atoms with Gasteiger partial charge in [0.15, 0.2) is 0 Å². The van der Waals surface area contributed by atoms with Crippen LogP contribution >= 0.6 is 11.6 Å². The quantitative estimate of drug-likeness (QED) is 0.799. The Morgan fingerprint density at radius 2 is 2.12 bits per heavy atom. The summed E-state index contributed by atoms with van der Waals surface area (Å²) in [7, 11) is 0. The monoisotopic (exact) mass is 254 g/mol. The standard InChI is InChI=1S/C13H16ClFN2/c1-13(2,9-16)4-3-5-17-12-7-10(14)6-11(15)8-12/h6-8,17H,3-5H2,1-2H3. The molecule has 1 rings (SSSR count). The minimum Gasteiger partial charge on any atom is -0.385 e. The first-order valence-electron chi connectivity index (χ1n) is 5.54. The van der Waals surface area contributed by atoms with Gasteiger partial charge in [0.05, 0.1) is 11.5 Å². The molecular formula is C13H16ClFN2. The van der Waals surface area contributed by atoms with Gasteiger partial charge < -0.3 is 5.32 Å². The van der Waals surface area contributed by atoms with Gasteiger partial charge in [-0.05, 0) is 44.9 Å². The molecule has 0 amide bonds. The second-order valence-electron chi connectivity index (χ2n) is 4.68. The number of hydrogen-bond donors (Lipinski definition) is 1. The lowest BCUT2D eigenvalue weighted by molar-refractivity contribution is 0.441. The van der Waals surface area contributed by atoms with Gasteiger partial charge >= 0.3 is 0 Å². The fourth-order valence-corrected chi connectivity index (χ4v) is 1.70. The summed E-state index contributed by atoms with van der Waals surface area (Å²) in [4.78, 5) is 0. The minimum absolute atomic E-state index is 0.304. The average Bonchev–Trinajstić information content (AvgIpc) is 2.23. The number of nitriles is 1. The molecule has 4 heteroatoms. The van der Waals surface area contributed by atoms with E-state index >= 15 is 0 Å². The van der Waals surface area contributed by atoms with Gasteiger partial charge in [-0.25, -0.2) is 4.39 Å². The third-order valence-corrected chi connectivity index (χ3v) is 2.69. The van der Waals surface area contributed by atoms with E-state index in [1.807, 2.05) is 13.8 Å². The molecule has 0 bridgehead atoms. The Hall–Kier alpha value is -1.27. The van der Waals surface area contributed by atoms with Gasteiger partial charge in [-0.2, -0.15) is 5.26 Å². The highest BCUT2D eigenvalue weighted by Gasteiger charge is 2.15. The number of hydrogen-bond acceptors (Lipinski definition) is 2. The largest absolute Gasteiger partial charge is 0.385 e. The number of benzene rings is 1. The van der Waals surface area contributed by atoms with Crippen molar-refractivity contribution in [1.82, 2.24) is 0 Å². The number of rotatable bonds is 5. The van der Waals surface area contributed by atoms with Crippen molar-refractivity contribution in [3.05, 3.63) is 29.0 Å². The number of anilines is 1. The van der Waals surface area contributed by atoms with Gasteiger partial charge in [0.25, 0.3) is 0 Å². The summed E-state index contributed by atoms with van der Waals surface area (Å²) in [6, 6.07) is 6.60. The number of nitrogens with one attached hydrogen (secondary N) is 1. The molecule has 0 saturated heterocycles. The predicted octanol–water partition coefficient (Wildman–Crippen LogP) is 4.22. The zero-order valence-electron chi connectivity index (χ0n) is 10.1. The second-order valence-corrected chi connectivity index (χ2v) is 5.12. The van der Waals surface area contributed by atoms with E-state index in [4.69, 9.17) is 16.9 Å². The molecule has 0 aliphatic heterocycles. The first-order valence-corrected chi connectivity index (χ1v) is 5.92. The topological polar surface area (TPSA) is 35.8 Å². The molecule has 1 N–H and O–H groups in total. The lowest BCUT2D eigenvalue weighted by Crippen LogP contribution is -2.11. The highest BCUT2D eigenvalue weighted by molar-refractivity contribution is 6.30. The molecule has 0 spiro atoms. The third-order valence-electron chi connectivity index (χ3n) is 2.47. The normalized spacial score (nSPS) is 11.0. The van der Waals surface area contributed by atoms with Crippen molar-refractivity contribution >= 4 is 17.3 Å². The smallest absolute Gasteiger partial charge is 0.126 e. The van der Waals surface area contributed by atoms with Crippen molar-refractivity contribution in [3.8, 4) is 6.07 Å². The Balaban J connectivity index is 2.39. The van der Waals surface area contributed by atoms with Crippen LogP contribution in [0.5, 0.6) is 0 Å². The Morgan fingerprint density at radius 3 is 2.71 bits per heavy atom. The third kappa shape index (κ3) is 5.06. The van der Waals surface area contributed by atoms with Gasteiger partial charge in [-0.15, -0.1) is 0 Å². The average molecular weight is 255 g/mol. The maximum atomic E-state index is 13.0. The van der Waals surface area contributed by atoms with E-state index in [9.17, 15) is 4.39 Å². The van der Waals surface area contributed by atoms with Gasteiger partial charge in [0.1, 0.15) is 5.82 Å². The van der Waals surface area contributed by atoms with Crippen LogP contribution in [0.15, 0.2) is 18.2 Å². The summed E-state index contributed by atoms with van der Waals surface area (Å²) in [6.07, 6.45) is 1.66. The molecule has 0 radical (unpaired) electrons. The fourth-order valence-electron chi connectivity index (χ4n) is 1.47. The summed E-state index contributed by atoms with van der Waals surface area (Å²) >= 11 is 5.73. The van der Waals surface area contributed by atoms with Crippen molar-refractivity contribution in [2.45, 2.75) is 26.7 Å². The van der Waals surface area contributed by atoms with Crippen LogP contribution in [0.3, 0.4) is 0 Å². The molecule has 1 aromatic rings. The molecule has 0 aromatic heterocycles. The second kappa shape index (κ2) is 5.88. The van der Waals surface area contributed by atoms with Crippen LogP contribution in [-0.4, -0.2) is 6.54 Å². The molecule has 0 saturated carbocycles. The molecule has 92 valence electrons. The van der Waals surface area contributed by atoms with E-state index in [1.165, 1.54) is 12.1 Å². The van der Waals surface area contributed by atoms with E-state index in [0.29, 0.717) is 17.3 Å². The van der Waals surface area contributed by atoms with Crippen LogP contribution in [0.4, 0.5) is 10.1 Å². The maximum absolute atomic E-state index is 13.0. The first-order chi connectivity index (χ1) is 7.93. The van der Waals surface area contributed by atoms with Crippen molar-refractivity contribution < 1.29 is 4.39 Å². The summed E-state index contributed by atoms with van der Waals surface area (Å²) in [5.41, 5.74) is 0.367. The number of halogens is 2. The van der Waals surface area contributed by atoms with E-state index in [-0.39, 0.29) is 11.2 Å². The highest BCUT2D eigenvalue weighted by atomic mass is 35.5. The SMILES string of the molecule is CC(C)(C#N)CCCNc1cc(F)cc(Cl)c1. The van der Waals surface area contributed by atoms with Crippen molar-refractivity contribution in [1.29, 1.82) is 5.26 Å². The summed E-state index contributed by atoms with van der Waals surface area (Å²) in [5, 5.41) is 12.3. The summed E-state index contributed by atoms with van der Waals surface area (Å²) < 4.78 is 13.0. The maximum Gasteiger partial charge on any atom is 0.126 e. The van der Waals surface area contributed by atoms with Crippen molar-refractivity contribution in [2.24, 2.45) is 5.41 Å². The van der Waals surface area contributed by atoms with Gasteiger partial charge in [-0.3, -0.25) is 0 Å². The first kappa shape index (κ1) is 13.8. The Kier molecular flexibility index (Phi) is 4.77. The van der Waals surface area contributed by atoms with Gasteiger partial charge in [0.2, 0.25) is 0 Å². The molecule has 0 fully saturated rings. The van der Waals surface area contributed by atoms with E-state index < -0.39 is 0 Å². The van der Waals surface area contributed by atoms with E-state index in [1.54, 1.807) is 6.07 Å². The number of nitrogens with zero attached hydrogens (tertiary/aromatic N) is 1. The molecule has 0 unspecified atom stereocenters. The molecule has 1 aromatic carbocycles. The Bertz CT molecular complexity index is 404. The van der Waals surface area contributed by atoms with E-state index in [2.05, 4.69) is 11.4 Å². The van der Waals surface area contributed by atoms with Gasteiger partial charge in [-0.1, -0.05) is 11.6 Å². The van der Waals surface area contributed by atoms with Gasteiger partial charge in [0, 0.05) is 17.3 Å². The van der Waals surface area contributed by atoms with Crippen LogP contribution < -0.4 is 5.32 Å². The molecule has 0 aliphatic rings. The van der Waals surface area contributed by atoms with Crippen molar-refractivity contribution in [3.63, 3.8) is 0 Å². The van der Waals surface area contributed by atoms with Crippen LogP contribution in [0.1, 0.15) is 26.7 Å². The lowest BCUT2D eigenvalue weighted by atomic mass is 9.90. The zero-order chi connectivity index (χ0) is 12.9. The minimum atomic E-state index is -0.350. The van der Waals surface area contributed by atoms with Crippen molar-refractivity contribution in [2.75, 3.05) is 11.9 Å². The van der Waals surface area contributed by atoms with Crippen LogP contribution in [0.2, 0.25) is 5.02 Å². The van der Waals surface area contributed by atoms with E-state index in [0.717, 1.165) is 12.8 Å². The van der Waals surface area contributed by atoms with Crippen LogP contribution in [0.25, 0.3) is 0 Å². The zero-order valence-corrected chi connectivity index (χ0v) is 10.8. The summed E-state index contributed by atoms with van der Waals surface area (Å²) in [6.45, 7) is 4.52. The molecule has 2 nitrogen and oxygen atoms in total. The lowest BCUT2D eigenvalue weighted by Gasteiger charge is -2.15. The highest BCUT2D eigenvalue weighted by Crippen LogP contribution is 2.21. The van der Waals surface area contributed by atoms with Crippen LogP contribution in [0, 0.1) is 22.6 Å².